The fourth-order valence-corrected chi connectivity index (χ4v) is 2.02. The van der Waals surface area contributed by atoms with Crippen molar-refractivity contribution in [2.24, 2.45) is 0 Å². The number of hydrogen-bond donors (Lipinski definition) is 1. The molecule has 18 heavy (non-hydrogen) atoms. The van der Waals surface area contributed by atoms with E-state index in [2.05, 4.69) is 4.98 Å². The smallest absolute Gasteiger partial charge is 0.128 e. The molecule has 3 aromatic rings. The topological polar surface area (TPSA) is 43.8 Å². The van der Waals surface area contributed by atoms with Gasteiger partial charge in [0.1, 0.15) is 5.82 Å². The maximum absolute atomic E-state index is 13.6. The summed E-state index contributed by atoms with van der Waals surface area (Å²) in [6.45, 7) is 0.465. The largest absolute Gasteiger partial charge is 0.399 e. The minimum absolute atomic E-state index is 0.199. The molecule has 0 aliphatic rings. The van der Waals surface area contributed by atoms with Gasteiger partial charge in [0.15, 0.2) is 0 Å². The average molecular weight is 241 g/mol. The molecule has 90 valence electrons. The summed E-state index contributed by atoms with van der Waals surface area (Å²) in [4.78, 5) is 4.27. The predicted octanol–water partition coefficient (Wildman–Crippen LogP) is 2.81. The van der Waals surface area contributed by atoms with Gasteiger partial charge in [-0.15, -0.1) is 0 Å². The van der Waals surface area contributed by atoms with Crippen LogP contribution >= 0.6 is 0 Å². The molecule has 3 nitrogen and oxygen atoms in total. The van der Waals surface area contributed by atoms with Crippen molar-refractivity contribution in [3.63, 3.8) is 0 Å². The summed E-state index contributed by atoms with van der Waals surface area (Å²) >= 11 is 0. The molecule has 1 heterocycles. The molecule has 0 spiro atoms. The van der Waals surface area contributed by atoms with E-state index in [9.17, 15) is 4.39 Å². The van der Waals surface area contributed by atoms with Gasteiger partial charge in [0.2, 0.25) is 0 Å². The van der Waals surface area contributed by atoms with E-state index in [1.165, 1.54) is 6.07 Å². The normalized spacial score (nSPS) is 10.9. The van der Waals surface area contributed by atoms with Crippen molar-refractivity contribution in [2.45, 2.75) is 6.54 Å². The van der Waals surface area contributed by atoms with Crippen LogP contribution in [0.15, 0.2) is 48.8 Å². The zero-order chi connectivity index (χ0) is 12.5. The second kappa shape index (κ2) is 4.14. The molecular weight excluding hydrogens is 229 g/mol. The number of benzene rings is 2. The van der Waals surface area contributed by atoms with E-state index in [1.54, 1.807) is 18.5 Å². The van der Waals surface area contributed by atoms with Crippen molar-refractivity contribution >= 4 is 16.7 Å². The van der Waals surface area contributed by atoms with Crippen molar-refractivity contribution in [1.29, 1.82) is 0 Å². The summed E-state index contributed by atoms with van der Waals surface area (Å²) in [5, 5.41) is 0. The molecule has 0 saturated heterocycles. The van der Waals surface area contributed by atoms with Gasteiger partial charge in [-0.25, -0.2) is 9.37 Å². The molecule has 0 saturated carbocycles. The fourth-order valence-electron chi connectivity index (χ4n) is 2.02. The Morgan fingerprint density at radius 1 is 1.17 bits per heavy atom. The van der Waals surface area contributed by atoms with Crippen molar-refractivity contribution in [1.82, 2.24) is 9.55 Å². The molecule has 0 atom stereocenters. The van der Waals surface area contributed by atoms with Gasteiger partial charge in [-0.05, 0) is 24.3 Å². The molecule has 0 unspecified atom stereocenters. The predicted molar refractivity (Wildman–Crippen MR) is 69.6 cm³/mol. The van der Waals surface area contributed by atoms with Crippen LogP contribution in [0.25, 0.3) is 11.0 Å². The van der Waals surface area contributed by atoms with Crippen molar-refractivity contribution in [3.05, 3.63) is 60.2 Å². The van der Waals surface area contributed by atoms with Crippen LogP contribution in [0.5, 0.6) is 0 Å². The highest BCUT2D eigenvalue weighted by Gasteiger charge is 2.06. The van der Waals surface area contributed by atoms with E-state index >= 15 is 0 Å². The Balaban J connectivity index is 2.03. The first-order valence-corrected chi connectivity index (χ1v) is 5.68. The number of nitrogens with two attached hydrogens (primary N) is 1. The van der Waals surface area contributed by atoms with Gasteiger partial charge in [0.05, 0.1) is 23.9 Å². The minimum atomic E-state index is -0.199. The first-order chi connectivity index (χ1) is 8.74. The van der Waals surface area contributed by atoms with Crippen LogP contribution in [-0.2, 0) is 6.54 Å². The lowest BCUT2D eigenvalue weighted by Crippen LogP contribution is -2.00. The lowest BCUT2D eigenvalue weighted by Gasteiger charge is -2.05. The molecular formula is C14H12FN3. The molecule has 0 radical (unpaired) electrons. The Morgan fingerprint density at radius 3 is 2.83 bits per heavy atom. The third kappa shape index (κ3) is 1.82. The second-order valence-corrected chi connectivity index (χ2v) is 4.21. The van der Waals surface area contributed by atoms with Crippen LogP contribution in [0.4, 0.5) is 10.1 Å². The Labute approximate surface area is 104 Å². The number of nitrogens with zero attached hydrogens (tertiary/aromatic N) is 2. The number of imidazole rings is 1. The lowest BCUT2D eigenvalue weighted by atomic mass is 10.2. The quantitative estimate of drug-likeness (QED) is 0.701. The van der Waals surface area contributed by atoms with Crippen LogP contribution in [0.1, 0.15) is 5.56 Å². The third-order valence-corrected chi connectivity index (χ3v) is 2.94. The van der Waals surface area contributed by atoms with Crippen LogP contribution in [0, 0.1) is 5.82 Å². The highest BCUT2D eigenvalue weighted by Crippen LogP contribution is 2.18. The zero-order valence-corrected chi connectivity index (χ0v) is 9.68. The molecule has 2 N–H and O–H groups in total. The van der Waals surface area contributed by atoms with Gasteiger partial charge in [-0.2, -0.15) is 0 Å². The van der Waals surface area contributed by atoms with E-state index in [1.807, 2.05) is 28.8 Å². The first kappa shape index (κ1) is 10.8. The summed E-state index contributed by atoms with van der Waals surface area (Å²) < 4.78 is 15.5. The summed E-state index contributed by atoms with van der Waals surface area (Å²) in [6.07, 6.45) is 1.70. The SMILES string of the molecule is Nc1ccc2c(c1)ncn2Cc1ccccc1F. The lowest BCUT2D eigenvalue weighted by molar-refractivity contribution is 0.601. The fraction of sp³-hybridized carbons (Fsp3) is 0.0714. The Hall–Kier alpha value is -2.36. The van der Waals surface area contributed by atoms with Gasteiger partial charge >= 0.3 is 0 Å². The zero-order valence-electron chi connectivity index (χ0n) is 9.68. The van der Waals surface area contributed by atoms with Gasteiger partial charge in [0.25, 0.3) is 0 Å². The van der Waals surface area contributed by atoms with E-state index in [-0.39, 0.29) is 5.82 Å². The van der Waals surface area contributed by atoms with Gasteiger partial charge in [-0.3, -0.25) is 0 Å². The molecule has 0 fully saturated rings. The highest BCUT2D eigenvalue weighted by molar-refractivity contribution is 5.79. The number of fused-ring (bicyclic) bond motifs is 1. The molecule has 0 aliphatic carbocycles. The van der Waals surface area contributed by atoms with E-state index in [0.29, 0.717) is 17.8 Å². The molecule has 1 aromatic heterocycles. The highest BCUT2D eigenvalue weighted by atomic mass is 19.1. The van der Waals surface area contributed by atoms with Crippen molar-refractivity contribution < 1.29 is 4.39 Å². The van der Waals surface area contributed by atoms with Crippen molar-refractivity contribution in [2.75, 3.05) is 5.73 Å². The summed E-state index contributed by atoms with van der Waals surface area (Å²) in [6, 6.07) is 12.3. The van der Waals surface area contributed by atoms with Crippen LogP contribution in [0.2, 0.25) is 0 Å². The molecule has 0 aliphatic heterocycles. The molecule has 0 bridgehead atoms. The number of halogens is 1. The molecule has 0 amide bonds. The first-order valence-electron chi connectivity index (χ1n) is 5.68. The number of anilines is 1. The van der Waals surface area contributed by atoms with Gasteiger partial charge in [0, 0.05) is 11.3 Å². The maximum atomic E-state index is 13.6. The summed E-state index contributed by atoms with van der Waals surface area (Å²) in [5.74, 6) is -0.199. The van der Waals surface area contributed by atoms with E-state index in [0.717, 1.165) is 11.0 Å². The molecule has 3 rings (SSSR count). The third-order valence-electron chi connectivity index (χ3n) is 2.94. The number of nitrogen functional groups attached to an aromatic ring is 1. The van der Waals surface area contributed by atoms with E-state index < -0.39 is 0 Å². The van der Waals surface area contributed by atoms with Crippen LogP contribution in [-0.4, -0.2) is 9.55 Å². The Morgan fingerprint density at radius 2 is 2.00 bits per heavy atom. The standard InChI is InChI=1S/C14H12FN3/c15-12-4-2-1-3-10(12)8-18-9-17-13-7-11(16)5-6-14(13)18/h1-7,9H,8,16H2. The maximum Gasteiger partial charge on any atom is 0.128 e. The number of rotatable bonds is 2. The monoisotopic (exact) mass is 241 g/mol. The number of aromatic nitrogens is 2. The Bertz CT molecular complexity index is 703. The Kier molecular flexibility index (Phi) is 2.48. The van der Waals surface area contributed by atoms with Gasteiger partial charge in [-0.1, -0.05) is 18.2 Å². The summed E-state index contributed by atoms with van der Waals surface area (Å²) in [5.41, 5.74) is 8.80. The average Bonchev–Trinajstić information content (AvgIpc) is 2.74. The molecule has 4 heteroatoms. The van der Waals surface area contributed by atoms with Crippen molar-refractivity contribution in [3.8, 4) is 0 Å². The second-order valence-electron chi connectivity index (χ2n) is 4.21. The van der Waals surface area contributed by atoms with Gasteiger partial charge < -0.3 is 10.3 Å². The summed E-state index contributed by atoms with van der Waals surface area (Å²) in [7, 11) is 0. The van der Waals surface area contributed by atoms with Crippen LogP contribution in [0.3, 0.4) is 0 Å². The minimum Gasteiger partial charge on any atom is -0.399 e. The number of hydrogen-bond acceptors (Lipinski definition) is 2. The van der Waals surface area contributed by atoms with Crippen LogP contribution < -0.4 is 5.73 Å². The van der Waals surface area contributed by atoms with E-state index in [4.69, 9.17) is 5.73 Å². The molecule has 2 aromatic carbocycles.